The van der Waals surface area contributed by atoms with E-state index in [1.165, 1.54) is 0 Å². The summed E-state index contributed by atoms with van der Waals surface area (Å²) in [6, 6.07) is -1.87. The van der Waals surface area contributed by atoms with E-state index in [9.17, 15) is 30.3 Å². The molecule has 9 heteroatoms. The van der Waals surface area contributed by atoms with E-state index in [2.05, 4.69) is 0 Å². The molecule has 1 radical (unpaired) electrons. The van der Waals surface area contributed by atoms with Crippen molar-refractivity contribution in [3.63, 3.8) is 0 Å². The first kappa shape index (κ1) is 10.2. The Kier molecular flexibility index (Phi) is 3.53. The second-order valence-corrected chi connectivity index (χ2v) is 1.80. The quantitative estimate of drug-likeness (QED) is 0.406. The first-order valence-electron chi connectivity index (χ1n) is 2.67. The van der Waals surface area contributed by atoms with Gasteiger partial charge < -0.3 is 0 Å². The summed E-state index contributed by atoms with van der Waals surface area (Å²) in [5.74, 6) is 0. The lowest BCUT2D eigenvalue weighted by Crippen LogP contribution is -2.31. The van der Waals surface area contributed by atoms with Gasteiger partial charge in [-0.3, -0.25) is 30.3 Å². The number of hydrogen-bond donors (Lipinski definition) is 0. The third-order valence-electron chi connectivity index (χ3n) is 0.901. The van der Waals surface area contributed by atoms with E-state index >= 15 is 0 Å². The minimum absolute atomic E-state index is 0.0861. The van der Waals surface area contributed by atoms with Gasteiger partial charge in [0, 0.05) is 14.8 Å². The summed E-state index contributed by atoms with van der Waals surface area (Å²) in [6.07, 6.45) is 0. The van der Waals surface area contributed by atoms with Crippen LogP contribution < -0.4 is 0 Å². The topological polar surface area (TPSA) is 129 Å². The fraction of sp³-hybridized carbons (Fsp3) is 0.667. The van der Waals surface area contributed by atoms with Gasteiger partial charge in [0.05, 0.1) is 0 Å². The summed E-state index contributed by atoms with van der Waals surface area (Å²) in [4.78, 5) is 26.3. The van der Waals surface area contributed by atoms with Crippen LogP contribution in [-0.4, -0.2) is 27.4 Å². The van der Waals surface area contributed by atoms with Crippen molar-refractivity contribution in [1.82, 2.24) is 0 Å². The van der Waals surface area contributed by atoms with Crippen LogP contribution in [0, 0.1) is 36.9 Å². The molecule has 0 aromatic rings. The largest absolute Gasteiger partial charge is 0.358 e. The molecule has 67 valence electrons. The maximum absolute atomic E-state index is 9.94. The van der Waals surface area contributed by atoms with Gasteiger partial charge in [-0.15, -0.1) is 0 Å². The zero-order valence-electron chi connectivity index (χ0n) is 5.65. The van der Waals surface area contributed by atoms with Gasteiger partial charge in [-0.1, -0.05) is 0 Å². The van der Waals surface area contributed by atoms with Crippen molar-refractivity contribution in [3.8, 4) is 0 Å². The minimum Gasteiger partial charge on any atom is -0.264 e. The number of rotatable bonds is 5. The number of nitro groups is 3. The predicted molar refractivity (Wildman–Crippen MR) is 33.9 cm³/mol. The van der Waals surface area contributed by atoms with Gasteiger partial charge in [-0.05, 0) is 0 Å². The lowest BCUT2D eigenvalue weighted by atomic mass is 10.3. The highest BCUT2D eigenvalue weighted by molar-refractivity contribution is 4.63. The van der Waals surface area contributed by atoms with Crippen LogP contribution in [-0.2, 0) is 0 Å². The predicted octanol–water partition coefficient (Wildman–Crippen LogP) is -0.653. The Morgan fingerprint density at radius 2 is 1.67 bits per heavy atom. The maximum Gasteiger partial charge on any atom is 0.358 e. The molecule has 1 atom stereocenters. The summed E-state index contributed by atoms with van der Waals surface area (Å²) in [6.45, 7) is -0.989. The molecule has 0 fully saturated rings. The zero-order valence-corrected chi connectivity index (χ0v) is 5.65. The molecule has 0 saturated carbocycles. The van der Waals surface area contributed by atoms with Gasteiger partial charge in [0.2, 0.25) is 0 Å². The Morgan fingerprint density at radius 3 is 1.92 bits per heavy atom. The minimum atomic E-state index is -1.87. The van der Waals surface area contributed by atoms with Crippen LogP contribution in [0.25, 0.3) is 0 Å². The number of nitrogens with zero attached hydrogens (tertiary/aromatic N) is 3. The van der Waals surface area contributed by atoms with Crippen LogP contribution in [0.3, 0.4) is 0 Å². The van der Waals surface area contributed by atoms with Gasteiger partial charge in [0.25, 0.3) is 6.54 Å². The summed E-state index contributed by atoms with van der Waals surface area (Å²) < 4.78 is 0. The molecule has 0 aromatic heterocycles. The molecule has 0 aromatic carbocycles. The average Bonchev–Trinajstić information content (AvgIpc) is 1.83. The van der Waals surface area contributed by atoms with Gasteiger partial charge in [-0.2, -0.15) is 0 Å². The monoisotopic (exact) mass is 178 g/mol. The zero-order chi connectivity index (χ0) is 9.72. The second-order valence-electron chi connectivity index (χ2n) is 1.80. The van der Waals surface area contributed by atoms with E-state index in [0.717, 1.165) is 0 Å². The SMILES string of the molecule is O=[N+]([O-])[CH]C(C[N+](=O)[O-])[N+](=O)[O-]. The third kappa shape index (κ3) is 4.09. The molecule has 0 N–H and O–H groups in total. The van der Waals surface area contributed by atoms with Crippen LogP contribution in [0.2, 0.25) is 0 Å². The molecule has 0 bridgehead atoms. The van der Waals surface area contributed by atoms with E-state index in [4.69, 9.17) is 0 Å². The Bertz CT molecular complexity index is 198. The first-order chi connectivity index (χ1) is 5.43. The van der Waals surface area contributed by atoms with Crippen molar-refractivity contribution in [3.05, 3.63) is 36.9 Å². The summed E-state index contributed by atoms with van der Waals surface area (Å²) in [5.41, 5.74) is 0. The molecule has 0 spiro atoms. The maximum atomic E-state index is 9.94. The molecule has 9 nitrogen and oxygen atoms in total. The van der Waals surface area contributed by atoms with E-state index < -0.39 is 27.4 Å². The lowest BCUT2D eigenvalue weighted by Gasteiger charge is -1.97. The van der Waals surface area contributed by atoms with E-state index in [0.29, 0.717) is 0 Å². The normalized spacial score (nSPS) is 9.75. The highest BCUT2D eigenvalue weighted by Crippen LogP contribution is 1.96. The van der Waals surface area contributed by atoms with Gasteiger partial charge in [0.1, 0.15) is 0 Å². The Morgan fingerprint density at radius 1 is 1.17 bits per heavy atom. The third-order valence-corrected chi connectivity index (χ3v) is 0.901. The fourth-order valence-corrected chi connectivity index (χ4v) is 0.461. The molecule has 0 amide bonds. The fourth-order valence-electron chi connectivity index (χ4n) is 0.461. The Hall–Kier alpha value is -1.80. The lowest BCUT2D eigenvalue weighted by molar-refractivity contribution is -0.608. The van der Waals surface area contributed by atoms with Crippen molar-refractivity contribution in [2.24, 2.45) is 0 Å². The smallest absolute Gasteiger partial charge is 0.264 e. The van der Waals surface area contributed by atoms with Crippen molar-refractivity contribution in [1.29, 1.82) is 0 Å². The Labute approximate surface area is 65.4 Å². The summed E-state index contributed by atoms with van der Waals surface area (Å²) in [5, 5.41) is 29.4. The molecule has 0 aliphatic rings. The van der Waals surface area contributed by atoms with Crippen LogP contribution in [0.4, 0.5) is 0 Å². The molecule has 0 aliphatic heterocycles. The van der Waals surface area contributed by atoms with Crippen molar-refractivity contribution in [2.75, 3.05) is 6.54 Å². The summed E-state index contributed by atoms with van der Waals surface area (Å²) in [7, 11) is 0. The molecule has 0 rings (SSSR count). The van der Waals surface area contributed by atoms with Crippen LogP contribution in [0.15, 0.2) is 0 Å². The van der Waals surface area contributed by atoms with Gasteiger partial charge in [-0.25, -0.2) is 0 Å². The number of hydrogen-bond acceptors (Lipinski definition) is 6. The highest BCUT2D eigenvalue weighted by atomic mass is 16.7. The van der Waals surface area contributed by atoms with Gasteiger partial charge in [0.15, 0.2) is 0 Å². The molecule has 0 saturated heterocycles. The Balaban J connectivity index is 4.14. The highest BCUT2D eigenvalue weighted by Gasteiger charge is 2.34. The molecule has 0 heterocycles. The van der Waals surface area contributed by atoms with Crippen molar-refractivity contribution < 1.29 is 14.8 Å². The molecular formula is C3H4N3O6. The van der Waals surface area contributed by atoms with Crippen LogP contribution in [0.1, 0.15) is 0 Å². The molecule has 0 aliphatic carbocycles. The van der Waals surface area contributed by atoms with E-state index in [1.54, 1.807) is 0 Å². The van der Waals surface area contributed by atoms with E-state index in [-0.39, 0.29) is 6.54 Å². The molecular weight excluding hydrogens is 174 g/mol. The van der Waals surface area contributed by atoms with Crippen molar-refractivity contribution >= 4 is 0 Å². The van der Waals surface area contributed by atoms with Gasteiger partial charge >= 0.3 is 12.6 Å². The molecule has 12 heavy (non-hydrogen) atoms. The molecule has 1 unspecified atom stereocenters. The van der Waals surface area contributed by atoms with E-state index in [1.807, 2.05) is 0 Å². The second kappa shape index (κ2) is 4.16. The first-order valence-corrected chi connectivity index (χ1v) is 2.67. The van der Waals surface area contributed by atoms with Crippen LogP contribution in [0.5, 0.6) is 0 Å². The standard InChI is InChI=1S/C3H4N3O6/c7-4(8)1-3(6(11)12)2-5(9)10/h1,3H,2H2. The van der Waals surface area contributed by atoms with Crippen LogP contribution >= 0.6 is 0 Å². The average molecular weight is 178 g/mol. The van der Waals surface area contributed by atoms with Crippen molar-refractivity contribution in [2.45, 2.75) is 6.04 Å². The summed E-state index contributed by atoms with van der Waals surface area (Å²) >= 11 is 0.